The molecule has 1 rings (SSSR count). The zero-order valence-corrected chi connectivity index (χ0v) is 15.6. The molecule has 0 aliphatic rings. The molecule has 128 valence electrons. The van der Waals surface area contributed by atoms with Gasteiger partial charge in [-0.05, 0) is 56.1 Å². The Morgan fingerprint density at radius 1 is 1.04 bits per heavy atom. The first-order valence-electron chi connectivity index (χ1n) is 7.58. The summed E-state index contributed by atoms with van der Waals surface area (Å²) in [5, 5.41) is 3.39. The van der Waals surface area contributed by atoms with E-state index in [1.165, 1.54) is 5.56 Å². The molecule has 0 saturated heterocycles. The number of carbonyl (C=O) groups excluding carboxylic acids is 1. The predicted octanol–water partition coefficient (Wildman–Crippen LogP) is 2.66. The summed E-state index contributed by atoms with van der Waals surface area (Å²) in [5.74, 6) is 0.353. The summed E-state index contributed by atoms with van der Waals surface area (Å²) in [6.07, 6.45) is 0. The molecule has 0 bridgehead atoms. The zero-order valence-electron chi connectivity index (χ0n) is 14.7. The van der Waals surface area contributed by atoms with Crippen LogP contribution in [0.2, 0.25) is 0 Å². The van der Waals surface area contributed by atoms with Gasteiger partial charge in [0, 0.05) is 5.54 Å². The monoisotopic (exact) mass is 337 g/mol. The lowest BCUT2D eigenvalue weighted by molar-refractivity contribution is -0.123. The molecular formula is C17H27N3O2S. The lowest BCUT2D eigenvalue weighted by atomic mass is 9.87. The number of carbonyl (C=O) groups is 1. The van der Waals surface area contributed by atoms with E-state index < -0.39 is 0 Å². The number of rotatable bonds is 3. The van der Waals surface area contributed by atoms with Crippen molar-refractivity contribution in [3.05, 3.63) is 29.8 Å². The average Bonchev–Trinajstić information content (AvgIpc) is 2.40. The summed E-state index contributed by atoms with van der Waals surface area (Å²) in [6.45, 7) is 12.3. The maximum Gasteiger partial charge on any atom is 0.276 e. The molecule has 1 aromatic rings. The zero-order chi connectivity index (χ0) is 17.7. The van der Waals surface area contributed by atoms with E-state index in [4.69, 9.17) is 17.0 Å². The average molecular weight is 337 g/mol. The van der Waals surface area contributed by atoms with Crippen LogP contribution in [-0.4, -0.2) is 23.2 Å². The first-order chi connectivity index (χ1) is 10.5. The van der Waals surface area contributed by atoms with Gasteiger partial charge in [-0.3, -0.25) is 15.6 Å². The van der Waals surface area contributed by atoms with Gasteiger partial charge in [0.1, 0.15) is 5.75 Å². The van der Waals surface area contributed by atoms with Crippen LogP contribution in [0.15, 0.2) is 24.3 Å². The Bertz CT molecular complexity index is 542. The Hall–Kier alpha value is -1.82. The molecule has 0 aliphatic carbocycles. The first-order valence-corrected chi connectivity index (χ1v) is 7.98. The maximum atomic E-state index is 11.7. The summed E-state index contributed by atoms with van der Waals surface area (Å²) in [7, 11) is 0. The van der Waals surface area contributed by atoms with Gasteiger partial charge >= 0.3 is 0 Å². The molecule has 0 radical (unpaired) electrons. The molecule has 0 atom stereocenters. The van der Waals surface area contributed by atoms with E-state index in [1.54, 1.807) is 0 Å². The van der Waals surface area contributed by atoms with E-state index in [1.807, 2.05) is 45.0 Å². The quantitative estimate of drug-likeness (QED) is 0.585. The van der Waals surface area contributed by atoms with Crippen molar-refractivity contribution in [2.45, 2.75) is 52.5 Å². The summed E-state index contributed by atoms with van der Waals surface area (Å²) < 4.78 is 5.45. The molecule has 0 unspecified atom stereocenters. The van der Waals surface area contributed by atoms with Crippen molar-refractivity contribution < 1.29 is 9.53 Å². The lowest BCUT2D eigenvalue weighted by Gasteiger charge is -2.23. The normalized spacial score (nSPS) is 11.6. The molecule has 0 aliphatic heterocycles. The number of nitrogens with one attached hydrogen (secondary N) is 3. The Morgan fingerprint density at radius 2 is 1.61 bits per heavy atom. The van der Waals surface area contributed by atoms with Gasteiger partial charge in [0.2, 0.25) is 0 Å². The highest BCUT2D eigenvalue weighted by molar-refractivity contribution is 7.80. The van der Waals surface area contributed by atoms with Gasteiger partial charge in [-0.1, -0.05) is 32.9 Å². The molecule has 0 heterocycles. The second kappa shape index (κ2) is 7.64. The maximum absolute atomic E-state index is 11.7. The summed E-state index contributed by atoms with van der Waals surface area (Å²) in [5.41, 5.74) is 6.28. The predicted molar refractivity (Wildman–Crippen MR) is 97.4 cm³/mol. The smallest absolute Gasteiger partial charge is 0.276 e. The SMILES string of the molecule is CC(C)(C)NC(=S)NNC(=O)COc1ccc(C(C)(C)C)cc1. The van der Waals surface area contributed by atoms with Gasteiger partial charge in [0.25, 0.3) is 5.91 Å². The Balaban J connectivity index is 2.38. The van der Waals surface area contributed by atoms with Gasteiger partial charge in [-0.2, -0.15) is 0 Å². The molecule has 5 nitrogen and oxygen atoms in total. The summed E-state index contributed by atoms with van der Waals surface area (Å²) >= 11 is 5.07. The van der Waals surface area contributed by atoms with Crippen LogP contribution in [0.25, 0.3) is 0 Å². The first kappa shape index (κ1) is 19.2. The molecule has 0 saturated carbocycles. The van der Waals surface area contributed by atoms with Crippen LogP contribution in [-0.2, 0) is 10.2 Å². The van der Waals surface area contributed by atoms with Gasteiger partial charge in [-0.15, -0.1) is 0 Å². The largest absolute Gasteiger partial charge is 0.484 e. The third kappa shape index (κ3) is 7.83. The standard InChI is InChI=1S/C17H27N3O2S/c1-16(2,3)12-7-9-13(10-8-12)22-11-14(21)19-20-15(23)18-17(4,5)6/h7-10H,11H2,1-6H3,(H,19,21)(H2,18,20,23). The molecule has 3 N–H and O–H groups in total. The van der Waals surface area contributed by atoms with Crippen molar-refractivity contribution in [2.24, 2.45) is 0 Å². The number of hydrogen-bond acceptors (Lipinski definition) is 3. The van der Waals surface area contributed by atoms with Crippen LogP contribution in [0, 0.1) is 0 Å². The number of hydrogen-bond donors (Lipinski definition) is 3. The number of hydrazine groups is 1. The summed E-state index contributed by atoms with van der Waals surface area (Å²) in [6, 6.07) is 7.75. The Morgan fingerprint density at radius 3 is 2.09 bits per heavy atom. The fourth-order valence-electron chi connectivity index (χ4n) is 1.73. The number of ether oxygens (including phenoxy) is 1. The van der Waals surface area contributed by atoms with Crippen molar-refractivity contribution in [3.63, 3.8) is 0 Å². The van der Waals surface area contributed by atoms with Gasteiger partial charge in [0.15, 0.2) is 11.7 Å². The third-order valence-electron chi connectivity index (χ3n) is 2.89. The Kier molecular flexibility index (Phi) is 6.38. The van der Waals surface area contributed by atoms with Crippen molar-refractivity contribution in [3.8, 4) is 5.75 Å². The fourth-order valence-corrected chi connectivity index (χ4v) is 2.09. The van der Waals surface area contributed by atoms with Crippen LogP contribution < -0.4 is 20.9 Å². The van der Waals surface area contributed by atoms with Gasteiger partial charge < -0.3 is 10.1 Å². The molecule has 0 spiro atoms. The van der Waals surface area contributed by atoms with Gasteiger partial charge in [-0.25, -0.2) is 0 Å². The minimum Gasteiger partial charge on any atom is -0.484 e. The number of benzene rings is 1. The van der Waals surface area contributed by atoms with Crippen molar-refractivity contribution >= 4 is 23.2 Å². The molecule has 1 amide bonds. The topological polar surface area (TPSA) is 62.4 Å². The van der Waals surface area contributed by atoms with Crippen molar-refractivity contribution in [1.82, 2.24) is 16.2 Å². The van der Waals surface area contributed by atoms with Crippen LogP contribution in [0.1, 0.15) is 47.1 Å². The second-order valence-corrected chi connectivity index (χ2v) is 7.85. The minimum absolute atomic E-state index is 0.0833. The molecule has 0 aromatic heterocycles. The highest BCUT2D eigenvalue weighted by atomic mass is 32.1. The summed E-state index contributed by atoms with van der Waals surface area (Å²) in [4.78, 5) is 11.7. The van der Waals surface area contributed by atoms with Crippen LogP contribution >= 0.6 is 12.2 Å². The highest BCUT2D eigenvalue weighted by Crippen LogP contribution is 2.24. The number of amides is 1. The minimum atomic E-state index is -0.303. The van der Waals surface area contributed by atoms with E-state index in [0.717, 1.165) is 0 Å². The molecular weight excluding hydrogens is 310 g/mol. The van der Waals surface area contributed by atoms with Crippen molar-refractivity contribution in [2.75, 3.05) is 6.61 Å². The van der Waals surface area contributed by atoms with Crippen molar-refractivity contribution in [1.29, 1.82) is 0 Å². The van der Waals surface area contributed by atoms with Gasteiger partial charge in [0.05, 0.1) is 0 Å². The van der Waals surface area contributed by atoms with Crippen LogP contribution in [0.5, 0.6) is 5.75 Å². The van der Waals surface area contributed by atoms with Crippen LogP contribution in [0.4, 0.5) is 0 Å². The van der Waals surface area contributed by atoms with E-state index in [-0.39, 0.29) is 23.5 Å². The molecule has 1 aromatic carbocycles. The highest BCUT2D eigenvalue weighted by Gasteiger charge is 2.13. The number of thiocarbonyl (C=S) groups is 1. The lowest BCUT2D eigenvalue weighted by Crippen LogP contribution is -2.52. The van der Waals surface area contributed by atoms with E-state index in [9.17, 15) is 4.79 Å². The Labute approximate surface area is 144 Å². The third-order valence-corrected chi connectivity index (χ3v) is 3.10. The van der Waals surface area contributed by atoms with Crippen LogP contribution in [0.3, 0.4) is 0 Å². The fraction of sp³-hybridized carbons (Fsp3) is 0.529. The van der Waals surface area contributed by atoms with E-state index in [2.05, 4.69) is 36.9 Å². The second-order valence-electron chi connectivity index (χ2n) is 7.44. The van der Waals surface area contributed by atoms with E-state index >= 15 is 0 Å². The van der Waals surface area contributed by atoms with E-state index in [0.29, 0.717) is 10.9 Å². The molecule has 6 heteroatoms. The molecule has 23 heavy (non-hydrogen) atoms. The molecule has 0 fully saturated rings.